The molecule has 2 nitrogen and oxygen atoms in total. The third kappa shape index (κ3) is 2.79. The molecule has 1 N–H and O–H groups in total. The van der Waals surface area contributed by atoms with Gasteiger partial charge in [-0.2, -0.15) is 0 Å². The van der Waals surface area contributed by atoms with Gasteiger partial charge in [-0.1, -0.05) is 35.4 Å². The Bertz CT molecular complexity index is 648. The van der Waals surface area contributed by atoms with Crippen LogP contribution in [0.1, 0.15) is 40.8 Å². The number of ether oxygens (including phenoxy) is 1. The van der Waals surface area contributed by atoms with Gasteiger partial charge in [0.2, 0.25) is 0 Å². The Morgan fingerprint density at radius 3 is 2.48 bits per heavy atom. The fourth-order valence-corrected chi connectivity index (χ4v) is 3.11. The average molecular weight is 285 g/mol. The van der Waals surface area contributed by atoms with Crippen LogP contribution < -0.4 is 10.1 Å². The minimum Gasteiger partial charge on any atom is -0.485 e. The zero-order chi connectivity index (χ0) is 15.0. The molecule has 0 bridgehead atoms. The topological polar surface area (TPSA) is 21.3 Å². The molecule has 0 aliphatic carbocycles. The van der Waals surface area contributed by atoms with Gasteiger partial charge < -0.3 is 10.1 Å². The van der Waals surface area contributed by atoms with Crippen molar-refractivity contribution in [1.29, 1.82) is 0 Å². The van der Waals surface area contributed by atoms with E-state index in [1.54, 1.807) is 0 Å². The average Bonchev–Trinajstić information content (AvgIpc) is 2.44. The fraction of sp³-hybridized carbons (Fsp3) is 0.333. The molecule has 0 radical (unpaired) electrons. The van der Waals surface area contributed by atoms with Crippen molar-refractivity contribution in [2.24, 2.45) is 0 Å². The molecule has 0 aromatic heterocycles. The molecule has 0 saturated carbocycles. The molecule has 2 aromatic rings. The van der Waals surface area contributed by atoms with E-state index in [-0.39, 0.29) is 18.0 Å². The number of nitrogens with one attached hydrogen (secondary N) is 1. The van der Waals surface area contributed by atoms with Gasteiger partial charge in [-0.05, 0) is 32.5 Å². The highest BCUT2D eigenvalue weighted by Crippen LogP contribution is 2.41. The van der Waals surface area contributed by atoms with E-state index in [0.717, 1.165) is 17.5 Å². The maximum Gasteiger partial charge on any atom is 0.127 e. The fourth-order valence-electron chi connectivity index (χ4n) is 3.11. The quantitative estimate of drug-likeness (QED) is 0.891. The molecule has 0 spiro atoms. The maximum atomic E-state index is 13.5. The SMILES string of the molecule is CNC1CC(c2cc(C)cc(C)c2)Oc2cc(F)ccc21. The van der Waals surface area contributed by atoms with Gasteiger partial charge in [-0.25, -0.2) is 4.39 Å². The van der Waals surface area contributed by atoms with Gasteiger partial charge in [0.25, 0.3) is 0 Å². The Morgan fingerprint density at radius 1 is 1.10 bits per heavy atom. The van der Waals surface area contributed by atoms with Crippen molar-refractivity contribution in [3.05, 3.63) is 64.5 Å². The van der Waals surface area contributed by atoms with Crippen molar-refractivity contribution in [3.63, 3.8) is 0 Å². The molecule has 0 amide bonds. The van der Waals surface area contributed by atoms with E-state index in [1.807, 2.05) is 13.1 Å². The summed E-state index contributed by atoms with van der Waals surface area (Å²) >= 11 is 0. The van der Waals surface area contributed by atoms with Gasteiger partial charge in [-0.3, -0.25) is 0 Å². The summed E-state index contributed by atoms with van der Waals surface area (Å²) in [6.07, 6.45) is 0.799. The second kappa shape index (κ2) is 5.49. The normalized spacial score (nSPS) is 20.8. The Kier molecular flexibility index (Phi) is 3.68. The van der Waals surface area contributed by atoms with Crippen molar-refractivity contribution >= 4 is 0 Å². The summed E-state index contributed by atoms with van der Waals surface area (Å²) in [5.41, 5.74) is 4.63. The first kappa shape index (κ1) is 14.1. The second-order valence-electron chi connectivity index (χ2n) is 5.79. The Hall–Kier alpha value is -1.87. The van der Waals surface area contributed by atoms with Gasteiger partial charge in [0.05, 0.1) is 0 Å². The third-order valence-electron chi connectivity index (χ3n) is 4.03. The van der Waals surface area contributed by atoms with Crippen LogP contribution in [0.2, 0.25) is 0 Å². The first-order valence-electron chi connectivity index (χ1n) is 7.28. The van der Waals surface area contributed by atoms with Crippen molar-refractivity contribution in [2.75, 3.05) is 7.05 Å². The summed E-state index contributed by atoms with van der Waals surface area (Å²) < 4.78 is 19.5. The summed E-state index contributed by atoms with van der Waals surface area (Å²) in [4.78, 5) is 0. The molecule has 1 heterocycles. The molecule has 3 heteroatoms. The van der Waals surface area contributed by atoms with Gasteiger partial charge in [0.1, 0.15) is 17.7 Å². The van der Waals surface area contributed by atoms with Gasteiger partial charge in [0, 0.05) is 24.1 Å². The summed E-state index contributed by atoms with van der Waals surface area (Å²) in [7, 11) is 1.93. The van der Waals surface area contributed by atoms with Gasteiger partial charge in [-0.15, -0.1) is 0 Å². The smallest absolute Gasteiger partial charge is 0.127 e. The van der Waals surface area contributed by atoms with E-state index in [0.29, 0.717) is 5.75 Å². The Balaban J connectivity index is 1.99. The zero-order valence-electron chi connectivity index (χ0n) is 12.6. The molecule has 0 fully saturated rings. The number of benzene rings is 2. The minimum atomic E-state index is -0.260. The number of hydrogen-bond donors (Lipinski definition) is 1. The van der Waals surface area contributed by atoms with Crippen LogP contribution in [0.3, 0.4) is 0 Å². The molecule has 1 aliphatic heterocycles. The minimum absolute atomic E-state index is 0.0460. The third-order valence-corrected chi connectivity index (χ3v) is 4.03. The molecule has 2 aromatic carbocycles. The molecule has 2 atom stereocenters. The lowest BCUT2D eigenvalue weighted by molar-refractivity contribution is 0.153. The number of halogens is 1. The molecule has 110 valence electrons. The summed E-state index contributed by atoms with van der Waals surface area (Å²) in [6, 6.07) is 11.4. The number of rotatable bonds is 2. The van der Waals surface area contributed by atoms with Crippen LogP contribution in [0.4, 0.5) is 4.39 Å². The number of hydrogen-bond acceptors (Lipinski definition) is 2. The highest BCUT2D eigenvalue weighted by Gasteiger charge is 2.28. The Morgan fingerprint density at radius 2 is 1.81 bits per heavy atom. The van der Waals surface area contributed by atoms with E-state index in [2.05, 4.69) is 37.4 Å². The number of aryl methyl sites for hydroxylation is 2. The summed E-state index contributed by atoms with van der Waals surface area (Å²) in [5, 5.41) is 3.31. The lowest BCUT2D eigenvalue weighted by Gasteiger charge is -2.32. The van der Waals surface area contributed by atoms with Crippen LogP contribution >= 0.6 is 0 Å². The predicted octanol–water partition coefficient (Wildman–Crippen LogP) is 4.23. The van der Waals surface area contributed by atoms with Crippen molar-refractivity contribution < 1.29 is 9.13 Å². The first-order valence-corrected chi connectivity index (χ1v) is 7.28. The van der Waals surface area contributed by atoms with Crippen LogP contribution in [0.5, 0.6) is 5.75 Å². The Labute approximate surface area is 125 Å². The van der Waals surface area contributed by atoms with Crippen molar-refractivity contribution in [2.45, 2.75) is 32.4 Å². The second-order valence-corrected chi connectivity index (χ2v) is 5.79. The first-order chi connectivity index (χ1) is 10.1. The van der Waals surface area contributed by atoms with E-state index < -0.39 is 0 Å². The molecular formula is C18H20FNO. The van der Waals surface area contributed by atoms with Crippen molar-refractivity contribution in [1.82, 2.24) is 5.32 Å². The van der Waals surface area contributed by atoms with Crippen LogP contribution in [-0.4, -0.2) is 7.05 Å². The van der Waals surface area contributed by atoms with Crippen LogP contribution in [0.15, 0.2) is 36.4 Å². The lowest BCUT2D eigenvalue weighted by Crippen LogP contribution is -2.27. The number of fused-ring (bicyclic) bond motifs is 1. The molecule has 3 rings (SSSR count). The van der Waals surface area contributed by atoms with E-state index >= 15 is 0 Å². The highest BCUT2D eigenvalue weighted by molar-refractivity contribution is 5.40. The highest BCUT2D eigenvalue weighted by atomic mass is 19.1. The standard InChI is InChI=1S/C18H20FNO/c1-11-6-12(2)8-13(7-11)17-10-16(20-3)15-5-4-14(19)9-18(15)21-17/h4-9,16-17,20H,10H2,1-3H3. The van der Waals surface area contributed by atoms with E-state index in [1.165, 1.54) is 23.3 Å². The molecule has 21 heavy (non-hydrogen) atoms. The monoisotopic (exact) mass is 285 g/mol. The van der Waals surface area contributed by atoms with Gasteiger partial charge in [0.15, 0.2) is 0 Å². The van der Waals surface area contributed by atoms with Crippen molar-refractivity contribution in [3.8, 4) is 5.75 Å². The molecule has 0 saturated heterocycles. The van der Waals surface area contributed by atoms with Gasteiger partial charge >= 0.3 is 0 Å². The molecule has 1 aliphatic rings. The van der Waals surface area contributed by atoms with Crippen LogP contribution in [0.25, 0.3) is 0 Å². The maximum absolute atomic E-state index is 13.5. The van der Waals surface area contributed by atoms with Crippen LogP contribution in [-0.2, 0) is 0 Å². The van der Waals surface area contributed by atoms with E-state index in [9.17, 15) is 4.39 Å². The zero-order valence-corrected chi connectivity index (χ0v) is 12.6. The van der Waals surface area contributed by atoms with Crippen LogP contribution in [0, 0.1) is 19.7 Å². The summed E-state index contributed by atoms with van der Waals surface area (Å²) in [5.74, 6) is 0.384. The van der Waals surface area contributed by atoms with E-state index in [4.69, 9.17) is 4.74 Å². The summed E-state index contributed by atoms with van der Waals surface area (Å²) in [6.45, 7) is 4.17. The largest absolute Gasteiger partial charge is 0.485 e. The molecule has 2 unspecified atom stereocenters. The lowest BCUT2D eigenvalue weighted by atomic mass is 9.92. The predicted molar refractivity (Wildman–Crippen MR) is 82.1 cm³/mol. The molecular weight excluding hydrogens is 265 g/mol.